The largest absolute Gasteiger partial charge is 0.350 e. The standard InChI is InChI=1S/C20H20N2O2/c1-12-5-9-16(10-6-12)21-18-17(19(23)22(4)20(18)24)15-8-7-13(2)14(3)11-15/h5-11,21H,1-4H3. The van der Waals surface area contributed by atoms with Crippen LogP contribution < -0.4 is 5.32 Å². The van der Waals surface area contributed by atoms with Crippen LogP contribution in [-0.4, -0.2) is 23.8 Å². The highest BCUT2D eigenvalue weighted by molar-refractivity contribution is 6.36. The maximum absolute atomic E-state index is 12.6. The maximum atomic E-state index is 12.6. The van der Waals surface area contributed by atoms with Gasteiger partial charge in [0.25, 0.3) is 11.8 Å². The van der Waals surface area contributed by atoms with Gasteiger partial charge in [0, 0.05) is 12.7 Å². The lowest BCUT2D eigenvalue weighted by Crippen LogP contribution is -2.27. The number of hydrogen-bond acceptors (Lipinski definition) is 3. The minimum Gasteiger partial charge on any atom is -0.350 e. The Hall–Kier alpha value is -2.88. The molecular formula is C20H20N2O2. The van der Waals surface area contributed by atoms with Crippen molar-refractivity contribution in [1.29, 1.82) is 0 Å². The van der Waals surface area contributed by atoms with E-state index in [0.717, 1.165) is 32.8 Å². The second-order valence-electron chi connectivity index (χ2n) is 6.21. The molecule has 0 saturated heterocycles. The Labute approximate surface area is 141 Å². The zero-order valence-electron chi connectivity index (χ0n) is 14.3. The Balaban J connectivity index is 2.09. The van der Waals surface area contributed by atoms with Crippen molar-refractivity contribution >= 4 is 23.1 Å². The molecule has 0 spiro atoms. The van der Waals surface area contributed by atoms with Crippen molar-refractivity contribution in [3.63, 3.8) is 0 Å². The van der Waals surface area contributed by atoms with Crippen LogP contribution in [0.4, 0.5) is 5.69 Å². The van der Waals surface area contributed by atoms with E-state index in [1.165, 1.54) is 7.05 Å². The molecule has 0 fully saturated rings. The van der Waals surface area contributed by atoms with Crippen LogP contribution in [0.3, 0.4) is 0 Å². The average Bonchev–Trinajstić information content (AvgIpc) is 2.77. The molecule has 1 aliphatic heterocycles. The molecule has 122 valence electrons. The number of aryl methyl sites for hydroxylation is 3. The molecule has 0 unspecified atom stereocenters. The highest BCUT2D eigenvalue weighted by atomic mass is 16.2. The van der Waals surface area contributed by atoms with Crippen LogP contribution in [0.25, 0.3) is 5.57 Å². The van der Waals surface area contributed by atoms with Gasteiger partial charge in [0.1, 0.15) is 5.70 Å². The molecule has 4 heteroatoms. The minimum absolute atomic E-state index is 0.280. The molecule has 2 aromatic rings. The number of imide groups is 1. The van der Waals surface area contributed by atoms with E-state index in [2.05, 4.69) is 5.32 Å². The third-order valence-corrected chi connectivity index (χ3v) is 4.40. The van der Waals surface area contributed by atoms with Crippen LogP contribution in [0.15, 0.2) is 48.2 Å². The van der Waals surface area contributed by atoms with Gasteiger partial charge in [-0.3, -0.25) is 14.5 Å². The van der Waals surface area contributed by atoms with Gasteiger partial charge in [-0.05, 0) is 49.6 Å². The van der Waals surface area contributed by atoms with Crippen molar-refractivity contribution < 1.29 is 9.59 Å². The average molecular weight is 320 g/mol. The molecule has 2 amide bonds. The Morgan fingerprint density at radius 3 is 2.12 bits per heavy atom. The Morgan fingerprint density at radius 1 is 0.833 bits per heavy atom. The van der Waals surface area contributed by atoms with Crippen molar-refractivity contribution in [3.8, 4) is 0 Å². The van der Waals surface area contributed by atoms with E-state index in [4.69, 9.17) is 0 Å². The molecular weight excluding hydrogens is 300 g/mol. The molecule has 0 aromatic heterocycles. The second kappa shape index (κ2) is 5.96. The second-order valence-corrected chi connectivity index (χ2v) is 6.21. The lowest BCUT2D eigenvalue weighted by atomic mass is 9.99. The highest BCUT2D eigenvalue weighted by Gasteiger charge is 2.36. The Bertz CT molecular complexity index is 864. The summed E-state index contributed by atoms with van der Waals surface area (Å²) in [5.74, 6) is -0.591. The summed E-state index contributed by atoms with van der Waals surface area (Å²) in [5.41, 5.74) is 5.67. The maximum Gasteiger partial charge on any atom is 0.277 e. The van der Waals surface area contributed by atoms with Crippen LogP contribution in [0.1, 0.15) is 22.3 Å². The molecule has 2 aromatic carbocycles. The van der Waals surface area contributed by atoms with Gasteiger partial charge in [-0.2, -0.15) is 0 Å². The Kier molecular flexibility index (Phi) is 3.97. The van der Waals surface area contributed by atoms with Gasteiger partial charge in [0.05, 0.1) is 5.57 Å². The molecule has 24 heavy (non-hydrogen) atoms. The lowest BCUT2D eigenvalue weighted by molar-refractivity contribution is -0.135. The van der Waals surface area contributed by atoms with Gasteiger partial charge in [0.2, 0.25) is 0 Å². The smallest absolute Gasteiger partial charge is 0.277 e. The molecule has 0 aliphatic carbocycles. The first kappa shape index (κ1) is 16.0. The fraction of sp³-hybridized carbons (Fsp3) is 0.200. The van der Waals surface area contributed by atoms with Crippen LogP contribution >= 0.6 is 0 Å². The SMILES string of the molecule is Cc1ccc(NC2=C(c3ccc(C)c(C)c3)C(=O)N(C)C2=O)cc1. The predicted molar refractivity (Wildman–Crippen MR) is 95.4 cm³/mol. The molecule has 4 nitrogen and oxygen atoms in total. The van der Waals surface area contributed by atoms with Crippen molar-refractivity contribution in [1.82, 2.24) is 4.90 Å². The van der Waals surface area contributed by atoms with Crippen LogP contribution in [0, 0.1) is 20.8 Å². The molecule has 0 saturated carbocycles. The van der Waals surface area contributed by atoms with E-state index in [0.29, 0.717) is 11.3 Å². The van der Waals surface area contributed by atoms with Gasteiger partial charge in [0.15, 0.2) is 0 Å². The number of anilines is 1. The number of nitrogens with one attached hydrogen (secondary N) is 1. The molecule has 1 N–H and O–H groups in total. The van der Waals surface area contributed by atoms with E-state index < -0.39 is 0 Å². The lowest BCUT2D eigenvalue weighted by Gasteiger charge is -2.09. The van der Waals surface area contributed by atoms with Crippen LogP contribution in [-0.2, 0) is 9.59 Å². The molecule has 0 atom stereocenters. The molecule has 0 bridgehead atoms. The van der Waals surface area contributed by atoms with Crippen molar-refractivity contribution in [2.75, 3.05) is 12.4 Å². The van der Waals surface area contributed by atoms with Crippen LogP contribution in [0.2, 0.25) is 0 Å². The summed E-state index contributed by atoms with van der Waals surface area (Å²) in [6.45, 7) is 6.02. The zero-order chi connectivity index (χ0) is 17.4. The molecule has 0 radical (unpaired) electrons. The number of hydrogen-bond donors (Lipinski definition) is 1. The topological polar surface area (TPSA) is 49.4 Å². The molecule has 3 rings (SSSR count). The van der Waals surface area contributed by atoms with E-state index in [9.17, 15) is 9.59 Å². The van der Waals surface area contributed by atoms with E-state index in [-0.39, 0.29) is 11.8 Å². The summed E-state index contributed by atoms with van der Waals surface area (Å²) in [6.07, 6.45) is 0. The molecule has 1 aliphatic rings. The van der Waals surface area contributed by atoms with E-state index in [1.54, 1.807) is 0 Å². The highest BCUT2D eigenvalue weighted by Crippen LogP contribution is 2.30. The van der Waals surface area contributed by atoms with Gasteiger partial charge < -0.3 is 5.32 Å². The normalized spacial score (nSPS) is 14.6. The van der Waals surface area contributed by atoms with E-state index in [1.807, 2.05) is 63.2 Å². The Morgan fingerprint density at radius 2 is 1.50 bits per heavy atom. The monoisotopic (exact) mass is 320 g/mol. The zero-order valence-corrected chi connectivity index (χ0v) is 14.3. The summed E-state index contributed by atoms with van der Waals surface area (Å²) in [5, 5.41) is 3.13. The van der Waals surface area contributed by atoms with E-state index >= 15 is 0 Å². The van der Waals surface area contributed by atoms with Gasteiger partial charge in [-0.25, -0.2) is 0 Å². The number of carbonyl (C=O) groups is 2. The predicted octanol–water partition coefficient (Wildman–Crippen LogP) is 3.43. The first-order valence-electron chi connectivity index (χ1n) is 7.86. The molecule has 1 heterocycles. The quantitative estimate of drug-likeness (QED) is 0.882. The van der Waals surface area contributed by atoms with Crippen molar-refractivity contribution in [2.24, 2.45) is 0 Å². The first-order valence-corrected chi connectivity index (χ1v) is 7.86. The fourth-order valence-electron chi connectivity index (χ4n) is 2.70. The number of benzene rings is 2. The minimum atomic E-state index is -0.311. The van der Waals surface area contributed by atoms with Gasteiger partial charge in [-0.1, -0.05) is 35.9 Å². The number of nitrogens with zero attached hydrogens (tertiary/aromatic N) is 1. The summed E-state index contributed by atoms with van der Waals surface area (Å²) < 4.78 is 0. The third kappa shape index (κ3) is 2.71. The number of rotatable bonds is 3. The number of likely N-dealkylation sites (N-methyl/N-ethyl adjacent to an activating group) is 1. The summed E-state index contributed by atoms with van der Waals surface area (Å²) in [6, 6.07) is 13.5. The number of amides is 2. The van der Waals surface area contributed by atoms with Gasteiger partial charge in [-0.15, -0.1) is 0 Å². The fourth-order valence-corrected chi connectivity index (χ4v) is 2.70. The summed E-state index contributed by atoms with van der Waals surface area (Å²) in [7, 11) is 1.51. The van der Waals surface area contributed by atoms with Gasteiger partial charge >= 0.3 is 0 Å². The number of carbonyl (C=O) groups excluding carboxylic acids is 2. The third-order valence-electron chi connectivity index (χ3n) is 4.40. The van der Waals surface area contributed by atoms with Crippen LogP contribution in [0.5, 0.6) is 0 Å². The summed E-state index contributed by atoms with van der Waals surface area (Å²) >= 11 is 0. The summed E-state index contributed by atoms with van der Waals surface area (Å²) in [4.78, 5) is 26.2. The first-order chi connectivity index (χ1) is 11.4. The van der Waals surface area contributed by atoms with Crippen molar-refractivity contribution in [2.45, 2.75) is 20.8 Å². The van der Waals surface area contributed by atoms with Crippen molar-refractivity contribution in [3.05, 3.63) is 70.4 Å².